The van der Waals surface area contributed by atoms with Crippen molar-refractivity contribution in [1.29, 1.82) is 0 Å². The summed E-state index contributed by atoms with van der Waals surface area (Å²) in [4.78, 5) is 4.81. The Morgan fingerprint density at radius 1 is 1.13 bits per heavy atom. The van der Waals surface area contributed by atoms with E-state index in [1.165, 1.54) is 0 Å². The van der Waals surface area contributed by atoms with Crippen LogP contribution in [-0.4, -0.2) is 28.6 Å². The van der Waals surface area contributed by atoms with Crippen LogP contribution in [0.25, 0.3) is 11.0 Å². The third kappa shape index (κ3) is 4.79. The number of nitrogens with one attached hydrogen (secondary N) is 1. The lowest BCUT2D eigenvalue weighted by atomic mass is 9.86. The molecule has 1 aromatic carbocycles. The molecule has 0 spiro atoms. The largest absolute Gasteiger partial charge is 0.327 e. The zero-order valence-electron chi connectivity index (χ0n) is 18.7. The molecule has 0 aliphatic heterocycles. The van der Waals surface area contributed by atoms with E-state index in [0.717, 1.165) is 11.3 Å². The Balaban J connectivity index is 1.96. The van der Waals surface area contributed by atoms with E-state index >= 15 is 0 Å². The van der Waals surface area contributed by atoms with Gasteiger partial charge in [-0.15, -0.1) is 0 Å². The summed E-state index contributed by atoms with van der Waals surface area (Å²) in [5.41, 5.74) is 1.84. The first kappa shape index (κ1) is 23.0. The van der Waals surface area contributed by atoms with Gasteiger partial charge in [0, 0.05) is 24.8 Å². The predicted molar refractivity (Wildman–Crippen MR) is 118 cm³/mol. The molecule has 0 bridgehead atoms. The van der Waals surface area contributed by atoms with Crippen LogP contribution in [0.5, 0.6) is 0 Å². The lowest BCUT2D eigenvalue weighted by molar-refractivity contribution is -0.0473. The Morgan fingerprint density at radius 2 is 1.73 bits per heavy atom. The van der Waals surface area contributed by atoms with E-state index in [9.17, 15) is 17.2 Å². The average Bonchev–Trinajstić information content (AvgIpc) is 2.93. The summed E-state index contributed by atoms with van der Waals surface area (Å²) >= 11 is 0. The minimum absolute atomic E-state index is 0.0616. The van der Waals surface area contributed by atoms with Crippen LogP contribution in [0, 0.1) is 5.92 Å². The highest BCUT2D eigenvalue weighted by molar-refractivity contribution is 7.94. The first-order valence-electron chi connectivity index (χ1n) is 10.5. The second kappa shape index (κ2) is 7.46. The lowest BCUT2D eigenvalue weighted by Gasteiger charge is -2.30. The number of fused-ring (bicyclic) bond motifs is 1. The molecule has 168 valence electrons. The summed E-state index contributed by atoms with van der Waals surface area (Å²) in [6.07, 6.45) is 0.876. The van der Waals surface area contributed by atoms with Gasteiger partial charge in [-0.2, -0.15) is 0 Å². The summed E-state index contributed by atoms with van der Waals surface area (Å²) in [7, 11) is -3.54. The van der Waals surface area contributed by atoms with Crippen LogP contribution in [0.1, 0.15) is 73.1 Å². The Hall–Kier alpha value is -1.70. The fourth-order valence-corrected chi connectivity index (χ4v) is 4.54. The van der Waals surface area contributed by atoms with Crippen LogP contribution >= 0.6 is 0 Å². The molecule has 0 atom stereocenters. The molecule has 1 aliphatic carbocycles. The number of imidazole rings is 1. The number of rotatable bonds is 4. The molecule has 0 radical (unpaired) electrons. The normalized spacial score (nSPS) is 18.7. The van der Waals surface area contributed by atoms with Crippen molar-refractivity contribution in [3.8, 4) is 0 Å². The maximum atomic E-state index is 13.6. The van der Waals surface area contributed by atoms with Crippen molar-refractivity contribution in [3.05, 3.63) is 24.0 Å². The number of halogens is 2. The van der Waals surface area contributed by atoms with Crippen LogP contribution in [0.3, 0.4) is 0 Å². The molecule has 1 saturated carbocycles. The average molecular weight is 442 g/mol. The van der Waals surface area contributed by atoms with Crippen molar-refractivity contribution in [3.63, 3.8) is 0 Å². The van der Waals surface area contributed by atoms with Crippen LogP contribution in [0.2, 0.25) is 0 Å². The molecule has 0 amide bonds. The number of sulfonamides is 1. The maximum Gasteiger partial charge on any atom is 0.248 e. The molecular formula is C22H33F2N3O2S. The van der Waals surface area contributed by atoms with Crippen molar-refractivity contribution < 1.29 is 17.2 Å². The van der Waals surface area contributed by atoms with Gasteiger partial charge in [0.05, 0.1) is 21.5 Å². The number of alkyl halides is 2. The van der Waals surface area contributed by atoms with Gasteiger partial charge in [-0.05, 0) is 57.7 Å². The highest BCUT2D eigenvalue weighted by Crippen LogP contribution is 2.38. The smallest absolute Gasteiger partial charge is 0.248 e. The van der Waals surface area contributed by atoms with Gasteiger partial charge < -0.3 is 4.57 Å². The van der Waals surface area contributed by atoms with Crippen molar-refractivity contribution in [2.45, 2.75) is 89.9 Å². The van der Waals surface area contributed by atoms with Crippen LogP contribution in [0.15, 0.2) is 18.2 Å². The minimum Gasteiger partial charge on any atom is -0.327 e. The van der Waals surface area contributed by atoms with Crippen LogP contribution in [-0.2, 0) is 22.0 Å². The molecule has 1 aromatic heterocycles. The lowest BCUT2D eigenvalue weighted by Crippen LogP contribution is -2.33. The van der Waals surface area contributed by atoms with Crippen LogP contribution in [0.4, 0.5) is 14.5 Å². The molecule has 1 aliphatic rings. The Labute approximate surface area is 178 Å². The second-order valence-electron chi connectivity index (χ2n) is 10.5. The standard InChI is InChI=1S/C22H33F2N3O2S/c1-20(2,3)19-25-17-13-16(26-30(28,29)21(4,5)6)7-8-18(17)27(19)14-15-9-11-22(23,24)12-10-15/h7-8,13,15,26H,9-12,14H2,1-6H3. The van der Waals surface area contributed by atoms with Crippen LogP contribution < -0.4 is 4.72 Å². The molecule has 5 nitrogen and oxygen atoms in total. The maximum absolute atomic E-state index is 13.6. The van der Waals surface area contributed by atoms with E-state index in [4.69, 9.17) is 4.98 Å². The molecular weight excluding hydrogens is 408 g/mol. The SMILES string of the molecule is CC(C)(C)c1nc2cc(NS(=O)(=O)C(C)(C)C)ccc2n1CC1CCC(F)(F)CC1. The van der Waals surface area contributed by atoms with Crippen molar-refractivity contribution in [2.24, 2.45) is 5.92 Å². The molecule has 30 heavy (non-hydrogen) atoms. The molecule has 2 aromatic rings. The number of anilines is 1. The second-order valence-corrected chi connectivity index (χ2v) is 13.0. The van der Waals surface area contributed by atoms with Gasteiger partial charge in [0.15, 0.2) is 0 Å². The number of aromatic nitrogens is 2. The van der Waals surface area contributed by atoms with E-state index < -0.39 is 20.7 Å². The van der Waals surface area contributed by atoms with E-state index in [2.05, 4.69) is 30.1 Å². The van der Waals surface area contributed by atoms with Gasteiger partial charge in [-0.1, -0.05) is 20.8 Å². The monoisotopic (exact) mass is 441 g/mol. The van der Waals surface area contributed by atoms with E-state index in [1.807, 2.05) is 6.07 Å². The summed E-state index contributed by atoms with van der Waals surface area (Å²) < 4.78 is 56.0. The third-order valence-electron chi connectivity index (χ3n) is 5.75. The van der Waals surface area contributed by atoms with E-state index in [0.29, 0.717) is 30.6 Å². The zero-order valence-corrected chi connectivity index (χ0v) is 19.5. The van der Waals surface area contributed by atoms with Gasteiger partial charge in [0.2, 0.25) is 15.9 Å². The Kier molecular flexibility index (Phi) is 5.72. The number of nitrogens with zero attached hydrogens (tertiary/aromatic N) is 2. The van der Waals surface area contributed by atoms with Crippen molar-refractivity contribution in [2.75, 3.05) is 4.72 Å². The molecule has 3 rings (SSSR count). The van der Waals surface area contributed by atoms with E-state index in [1.54, 1.807) is 32.9 Å². The molecule has 1 fully saturated rings. The van der Waals surface area contributed by atoms with Gasteiger partial charge >= 0.3 is 0 Å². The molecule has 1 N–H and O–H groups in total. The number of hydrogen-bond donors (Lipinski definition) is 1. The summed E-state index contributed by atoms with van der Waals surface area (Å²) in [5, 5.41) is 0. The highest BCUT2D eigenvalue weighted by atomic mass is 32.2. The highest BCUT2D eigenvalue weighted by Gasteiger charge is 2.36. The third-order valence-corrected chi connectivity index (χ3v) is 7.87. The fraction of sp³-hybridized carbons (Fsp3) is 0.682. The number of hydrogen-bond acceptors (Lipinski definition) is 3. The first-order chi connectivity index (χ1) is 13.6. The van der Waals surface area contributed by atoms with Crippen molar-refractivity contribution in [1.82, 2.24) is 9.55 Å². The predicted octanol–water partition coefficient (Wildman–Crippen LogP) is 5.70. The Bertz CT molecular complexity index is 1020. The van der Waals surface area contributed by atoms with Gasteiger partial charge in [-0.3, -0.25) is 4.72 Å². The minimum atomic E-state index is -3.54. The first-order valence-corrected chi connectivity index (χ1v) is 12.0. The quantitative estimate of drug-likeness (QED) is 0.662. The number of benzene rings is 1. The zero-order chi connectivity index (χ0) is 22.5. The van der Waals surface area contributed by atoms with E-state index in [-0.39, 0.29) is 24.2 Å². The summed E-state index contributed by atoms with van der Waals surface area (Å²) in [6, 6.07) is 5.36. The van der Waals surface area contributed by atoms with Gasteiger partial charge in [0.1, 0.15) is 5.82 Å². The fourth-order valence-electron chi connectivity index (χ4n) is 3.80. The summed E-state index contributed by atoms with van der Waals surface area (Å²) in [6.45, 7) is 11.8. The van der Waals surface area contributed by atoms with Gasteiger partial charge in [0.25, 0.3) is 0 Å². The Morgan fingerprint density at radius 3 is 2.27 bits per heavy atom. The summed E-state index contributed by atoms with van der Waals surface area (Å²) in [5.74, 6) is -1.48. The molecule has 8 heteroatoms. The topological polar surface area (TPSA) is 64.0 Å². The molecule has 0 saturated heterocycles. The molecule has 0 unspecified atom stereocenters. The van der Waals surface area contributed by atoms with Crippen molar-refractivity contribution >= 4 is 26.7 Å². The molecule has 1 heterocycles. The van der Waals surface area contributed by atoms with Gasteiger partial charge in [-0.25, -0.2) is 22.2 Å².